The molecule has 0 saturated heterocycles. The number of aromatic nitrogens is 2. The minimum atomic E-state index is -1.21. The van der Waals surface area contributed by atoms with Gasteiger partial charge in [-0.25, -0.2) is 4.39 Å². The Hall–Kier alpha value is -3.04. The van der Waals surface area contributed by atoms with Crippen molar-refractivity contribution in [3.8, 4) is 10.6 Å². The first-order chi connectivity index (χ1) is 14.9. The lowest BCUT2D eigenvalue weighted by molar-refractivity contribution is -0.133. The third-order valence-electron chi connectivity index (χ3n) is 5.38. The van der Waals surface area contributed by atoms with E-state index < -0.39 is 11.4 Å². The lowest BCUT2D eigenvalue weighted by Crippen LogP contribution is -2.63. The molecule has 7 nitrogen and oxygen atoms in total. The molecule has 1 aliphatic heterocycles. The number of thiophene rings is 1. The summed E-state index contributed by atoms with van der Waals surface area (Å²) in [5.74, 6) is -1.03. The number of ether oxygens (including phenoxy) is 1. The fraction of sp³-hybridized carbons (Fsp3) is 0.318. The van der Waals surface area contributed by atoms with Gasteiger partial charge >= 0.3 is 0 Å². The molecule has 31 heavy (non-hydrogen) atoms. The average molecular weight is 443 g/mol. The first-order valence-corrected chi connectivity index (χ1v) is 10.8. The molecular formula is C22H23FN4O3S. The van der Waals surface area contributed by atoms with Gasteiger partial charge in [0.05, 0.1) is 18.0 Å². The predicted molar refractivity (Wildman–Crippen MR) is 115 cm³/mol. The van der Waals surface area contributed by atoms with Crippen molar-refractivity contribution in [2.24, 2.45) is 0 Å². The molecule has 2 amide bonds. The second-order valence-corrected chi connectivity index (χ2v) is 8.54. The quantitative estimate of drug-likeness (QED) is 0.571. The van der Waals surface area contributed by atoms with E-state index in [9.17, 15) is 14.0 Å². The van der Waals surface area contributed by atoms with Crippen LogP contribution in [0.2, 0.25) is 0 Å². The molecular weight excluding hydrogens is 419 g/mol. The van der Waals surface area contributed by atoms with E-state index in [1.807, 2.05) is 17.5 Å². The zero-order chi connectivity index (χ0) is 22.0. The van der Waals surface area contributed by atoms with Gasteiger partial charge in [-0.1, -0.05) is 18.2 Å². The molecule has 0 bridgehead atoms. The minimum Gasteiger partial charge on any atom is -0.383 e. The van der Waals surface area contributed by atoms with Crippen LogP contribution >= 0.6 is 11.3 Å². The van der Waals surface area contributed by atoms with Crippen LogP contribution in [0.5, 0.6) is 0 Å². The Morgan fingerprint density at radius 3 is 2.87 bits per heavy atom. The van der Waals surface area contributed by atoms with Crippen molar-refractivity contribution in [1.29, 1.82) is 0 Å². The van der Waals surface area contributed by atoms with Gasteiger partial charge in [-0.05, 0) is 42.1 Å². The summed E-state index contributed by atoms with van der Waals surface area (Å²) in [6, 6.07) is 11.7. The van der Waals surface area contributed by atoms with Crippen LogP contribution in [0.15, 0.2) is 47.8 Å². The molecule has 0 spiro atoms. The molecule has 3 aromatic rings. The van der Waals surface area contributed by atoms with Gasteiger partial charge in [-0.15, -0.1) is 11.3 Å². The standard InChI is InChI=1S/C22H23FN4O3S/c1-22(21(29)24-8-9-30-2)14-27-18(12-17(25-27)19-7-4-10-31-19)20(28)26(22)13-15-5-3-6-16(23)11-15/h3-7,10-12H,8-9,13-14H2,1-2H3,(H,24,29)/t22-/m0/s1. The van der Waals surface area contributed by atoms with Crippen molar-refractivity contribution in [1.82, 2.24) is 20.0 Å². The molecule has 1 aliphatic rings. The van der Waals surface area contributed by atoms with E-state index >= 15 is 0 Å². The number of nitrogens with zero attached hydrogens (tertiary/aromatic N) is 3. The summed E-state index contributed by atoms with van der Waals surface area (Å²) in [5.41, 5.74) is 0.494. The highest BCUT2D eigenvalue weighted by molar-refractivity contribution is 7.13. The second kappa shape index (κ2) is 8.60. The number of methoxy groups -OCH3 is 1. The highest BCUT2D eigenvalue weighted by Gasteiger charge is 2.48. The van der Waals surface area contributed by atoms with E-state index in [0.717, 1.165) is 4.88 Å². The molecule has 4 rings (SSSR count). The first kappa shape index (κ1) is 21.2. The number of benzene rings is 1. The largest absolute Gasteiger partial charge is 0.383 e. The Morgan fingerprint density at radius 2 is 2.16 bits per heavy atom. The molecule has 9 heteroatoms. The van der Waals surface area contributed by atoms with E-state index in [-0.39, 0.29) is 24.9 Å². The van der Waals surface area contributed by atoms with Gasteiger partial charge in [0, 0.05) is 20.2 Å². The summed E-state index contributed by atoms with van der Waals surface area (Å²) in [6.45, 7) is 2.67. The minimum absolute atomic E-state index is 0.101. The van der Waals surface area contributed by atoms with Crippen molar-refractivity contribution in [2.75, 3.05) is 20.3 Å². The highest BCUT2D eigenvalue weighted by atomic mass is 32.1. The van der Waals surface area contributed by atoms with Gasteiger partial charge in [0.25, 0.3) is 5.91 Å². The van der Waals surface area contributed by atoms with Gasteiger partial charge in [-0.2, -0.15) is 5.10 Å². The Kier molecular flexibility index (Phi) is 5.88. The van der Waals surface area contributed by atoms with E-state index in [1.54, 1.807) is 36.9 Å². The normalized spacial score (nSPS) is 18.2. The van der Waals surface area contributed by atoms with E-state index in [2.05, 4.69) is 10.4 Å². The maximum absolute atomic E-state index is 13.8. The Bertz CT molecular complexity index is 1100. The third kappa shape index (κ3) is 4.11. The zero-order valence-corrected chi connectivity index (χ0v) is 18.1. The molecule has 0 aliphatic carbocycles. The topological polar surface area (TPSA) is 76.5 Å². The molecule has 0 fully saturated rings. The van der Waals surface area contributed by atoms with Crippen molar-refractivity contribution in [2.45, 2.75) is 25.6 Å². The number of carbonyl (C=O) groups is 2. The molecule has 1 N–H and O–H groups in total. The van der Waals surface area contributed by atoms with E-state index in [4.69, 9.17) is 4.74 Å². The highest BCUT2D eigenvalue weighted by Crippen LogP contribution is 2.32. The van der Waals surface area contributed by atoms with Crippen LogP contribution in [0, 0.1) is 5.82 Å². The van der Waals surface area contributed by atoms with E-state index in [1.165, 1.54) is 28.4 Å². The SMILES string of the molecule is COCCNC(=O)[C@]1(C)Cn2nc(-c3cccs3)cc2C(=O)N1Cc1cccc(F)c1. The summed E-state index contributed by atoms with van der Waals surface area (Å²) in [6.07, 6.45) is 0. The Balaban J connectivity index is 1.71. The number of fused-ring (bicyclic) bond motifs is 1. The van der Waals surface area contributed by atoms with Gasteiger partial charge in [-0.3, -0.25) is 14.3 Å². The lowest BCUT2D eigenvalue weighted by Gasteiger charge is -2.43. The monoisotopic (exact) mass is 442 g/mol. The van der Waals surface area contributed by atoms with Gasteiger partial charge in [0.2, 0.25) is 5.91 Å². The Labute approximate surface area is 183 Å². The molecule has 1 aromatic carbocycles. The van der Waals surface area contributed by atoms with Gasteiger partial charge < -0.3 is 15.0 Å². The number of hydrogen-bond acceptors (Lipinski definition) is 5. The molecule has 0 saturated carbocycles. The van der Waals surface area contributed by atoms with Crippen LogP contribution in [0.4, 0.5) is 4.39 Å². The number of nitrogens with one attached hydrogen (secondary N) is 1. The number of rotatable bonds is 7. The summed E-state index contributed by atoms with van der Waals surface area (Å²) in [7, 11) is 1.55. The van der Waals surface area contributed by atoms with Crippen LogP contribution in [0.3, 0.4) is 0 Å². The third-order valence-corrected chi connectivity index (χ3v) is 6.27. The number of carbonyl (C=O) groups excluding carboxylic acids is 2. The van der Waals surface area contributed by atoms with Crippen LogP contribution in [-0.4, -0.2) is 52.3 Å². The zero-order valence-electron chi connectivity index (χ0n) is 17.3. The Morgan fingerprint density at radius 1 is 1.32 bits per heavy atom. The molecule has 2 aromatic heterocycles. The summed E-state index contributed by atoms with van der Waals surface area (Å²) >= 11 is 1.53. The molecule has 1 atom stereocenters. The van der Waals surface area contributed by atoms with Crippen molar-refractivity contribution in [3.63, 3.8) is 0 Å². The average Bonchev–Trinajstić information content (AvgIpc) is 3.41. The van der Waals surface area contributed by atoms with Crippen molar-refractivity contribution in [3.05, 3.63) is 64.9 Å². The van der Waals surface area contributed by atoms with Crippen LogP contribution < -0.4 is 5.32 Å². The molecule has 3 heterocycles. The van der Waals surface area contributed by atoms with Crippen LogP contribution in [0.1, 0.15) is 23.0 Å². The lowest BCUT2D eigenvalue weighted by atomic mass is 9.94. The molecule has 0 radical (unpaired) electrons. The van der Waals surface area contributed by atoms with Gasteiger partial charge in [0.15, 0.2) is 0 Å². The summed E-state index contributed by atoms with van der Waals surface area (Å²) in [5, 5.41) is 9.37. The van der Waals surface area contributed by atoms with Crippen LogP contribution in [0.25, 0.3) is 10.6 Å². The van der Waals surface area contributed by atoms with Crippen molar-refractivity contribution < 1.29 is 18.7 Å². The second-order valence-electron chi connectivity index (χ2n) is 7.59. The molecule has 0 unspecified atom stereocenters. The maximum atomic E-state index is 13.8. The summed E-state index contributed by atoms with van der Waals surface area (Å²) < 4.78 is 20.4. The smallest absolute Gasteiger partial charge is 0.273 e. The number of hydrogen-bond donors (Lipinski definition) is 1. The number of halogens is 1. The van der Waals surface area contributed by atoms with E-state index in [0.29, 0.717) is 30.1 Å². The number of amides is 2. The van der Waals surface area contributed by atoms with Gasteiger partial charge in [0.1, 0.15) is 22.7 Å². The summed E-state index contributed by atoms with van der Waals surface area (Å²) in [4.78, 5) is 29.1. The first-order valence-electron chi connectivity index (χ1n) is 9.88. The fourth-order valence-electron chi connectivity index (χ4n) is 3.71. The fourth-order valence-corrected chi connectivity index (χ4v) is 4.39. The molecule has 162 valence electrons. The predicted octanol–water partition coefficient (Wildman–Crippen LogP) is 2.93. The van der Waals surface area contributed by atoms with Crippen LogP contribution in [-0.2, 0) is 22.6 Å². The van der Waals surface area contributed by atoms with Crippen molar-refractivity contribution >= 4 is 23.2 Å². The maximum Gasteiger partial charge on any atom is 0.273 e.